The summed E-state index contributed by atoms with van der Waals surface area (Å²) in [5.41, 5.74) is 0.495. The van der Waals surface area contributed by atoms with E-state index in [9.17, 15) is 9.59 Å². The fourth-order valence-electron chi connectivity index (χ4n) is 3.47. The van der Waals surface area contributed by atoms with Crippen molar-refractivity contribution < 1.29 is 9.59 Å². The molecule has 5 heteroatoms. The van der Waals surface area contributed by atoms with Crippen LogP contribution in [0.2, 0.25) is 5.02 Å². The number of fused-ring (bicyclic) bond motifs is 1. The highest BCUT2D eigenvalue weighted by Crippen LogP contribution is 2.32. The van der Waals surface area contributed by atoms with Crippen molar-refractivity contribution in [1.29, 1.82) is 0 Å². The van der Waals surface area contributed by atoms with Crippen LogP contribution in [0.4, 0.5) is 0 Å². The number of amides is 2. The normalized spacial score (nSPS) is 17.5. The van der Waals surface area contributed by atoms with Crippen LogP contribution < -0.4 is 0 Å². The number of hydrogen-bond acceptors (Lipinski definition) is 3. The summed E-state index contributed by atoms with van der Waals surface area (Å²) < 4.78 is 0. The van der Waals surface area contributed by atoms with Gasteiger partial charge in [0, 0.05) is 22.0 Å². The Kier molecular flexibility index (Phi) is 5.69. The van der Waals surface area contributed by atoms with Gasteiger partial charge in [0.15, 0.2) is 0 Å². The van der Waals surface area contributed by atoms with Gasteiger partial charge >= 0.3 is 0 Å². The monoisotopic (exact) mass is 409 g/mol. The summed E-state index contributed by atoms with van der Waals surface area (Å²) >= 11 is 7.47. The fraction of sp³-hybridized carbons (Fsp3) is 0.217. The molecule has 0 aliphatic carbocycles. The van der Waals surface area contributed by atoms with Crippen LogP contribution in [0, 0.1) is 0 Å². The van der Waals surface area contributed by atoms with E-state index in [4.69, 9.17) is 11.6 Å². The van der Waals surface area contributed by atoms with Crippen LogP contribution in [0.3, 0.4) is 0 Å². The lowest BCUT2D eigenvalue weighted by molar-refractivity contribution is -0.127. The van der Waals surface area contributed by atoms with Crippen molar-refractivity contribution in [2.75, 3.05) is 6.54 Å². The van der Waals surface area contributed by atoms with E-state index >= 15 is 0 Å². The van der Waals surface area contributed by atoms with E-state index in [1.54, 1.807) is 36.0 Å². The summed E-state index contributed by atoms with van der Waals surface area (Å²) in [6.07, 6.45) is 2.54. The molecule has 0 spiro atoms. The number of carbonyl (C=O) groups excluding carboxylic acids is 2. The third kappa shape index (κ3) is 4.08. The second kappa shape index (κ2) is 8.38. The van der Waals surface area contributed by atoms with Crippen molar-refractivity contribution in [2.24, 2.45) is 0 Å². The lowest BCUT2D eigenvalue weighted by Gasteiger charge is -2.22. The standard InChI is InChI=1S/C23H20ClNO2S/c24-19-11-8-17(9-12-19)22(26)25-14-4-3-7-21(23(25)27)28-20-13-10-16-5-1-2-6-18(16)15-20/h1-2,5-6,8-13,15,21H,3-4,7,14H2. The first kappa shape index (κ1) is 19.0. The van der Waals surface area contributed by atoms with Crippen LogP contribution in [0.5, 0.6) is 0 Å². The number of benzene rings is 3. The molecule has 1 aliphatic rings. The first-order chi connectivity index (χ1) is 13.6. The molecule has 1 heterocycles. The Hall–Kier alpha value is -2.30. The maximum absolute atomic E-state index is 13.2. The molecule has 1 unspecified atom stereocenters. The van der Waals surface area contributed by atoms with Crippen molar-refractivity contribution in [3.63, 3.8) is 0 Å². The molecule has 0 aromatic heterocycles. The van der Waals surface area contributed by atoms with Crippen molar-refractivity contribution in [2.45, 2.75) is 29.4 Å². The third-order valence-corrected chi connectivity index (χ3v) is 6.48. The van der Waals surface area contributed by atoms with Gasteiger partial charge < -0.3 is 0 Å². The minimum atomic E-state index is -0.250. The molecule has 1 atom stereocenters. The van der Waals surface area contributed by atoms with Crippen LogP contribution in [0.15, 0.2) is 71.6 Å². The number of nitrogens with zero attached hydrogens (tertiary/aromatic N) is 1. The minimum Gasteiger partial charge on any atom is -0.278 e. The largest absolute Gasteiger partial charge is 0.278 e. The van der Waals surface area contributed by atoms with Gasteiger partial charge in [-0.05, 0) is 60.0 Å². The quantitative estimate of drug-likeness (QED) is 0.512. The minimum absolute atomic E-state index is 0.101. The van der Waals surface area contributed by atoms with Gasteiger partial charge in [-0.3, -0.25) is 14.5 Å². The van der Waals surface area contributed by atoms with Crippen molar-refractivity contribution in [3.8, 4) is 0 Å². The van der Waals surface area contributed by atoms with E-state index in [2.05, 4.69) is 30.3 Å². The molecule has 1 aliphatic heterocycles. The molecule has 0 saturated carbocycles. The molecule has 4 rings (SSSR count). The highest BCUT2D eigenvalue weighted by Gasteiger charge is 2.32. The number of thioether (sulfide) groups is 1. The molecule has 0 bridgehead atoms. The molecule has 0 N–H and O–H groups in total. The average molecular weight is 410 g/mol. The number of carbonyl (C=O) groups is 2. The zero-order chi connectivity index (χ0) is 19.5. The molecule has 2 amide bonds. The van der Waals surface area contributed by atoms with Crippen molar-refractivity contribution in [3.05, 3.63) is 77.3 Å². The van der Waals surface area contributed by atoms with Crippen LogP contribution in [0.25, 0.3) is 10.8 Å². The Morgan fingerprint density at radius 1 is 0.964 bits per heavy atom. The Balaban J connectivity index is 1.55. The van der Waals surface area contributed by atoms with Crippen molar-refractivity contribution >= 4 is 45.9 Å². The zero-order valence-corrected chi connectivity index (χ0v) is 16.9. The van der Waals surface area contributed by atoms with Crippen LogP contribution in [-0.4, -0.2) is 28.5 Å². The topological polar surface area (TPSA) is 37.4 Å². The molecular weight excluding hydrogens is 390 g/mol. The number of rotatable bonds is 3. The second-order valence-corrected chi connectivity index (χ2v) is 8.63. The Morgan fingerprint density at radius 3 is 2.50 bits per heavy atom. The number of halogens is 1. The van der Waals surface area contributed by atoms with Crippen LogP contribution in [0.1, 0.15) is 29.6 Å². The zero-order valence-electron chi connectivity index (χ0n) is 15.3. The maximum atomic E-state index is 13.2. The molecule has 142 valence electrons. The van der Waals surface area contributed by atoms with E-state index in [1.165, 1.54) is 10.3 Å². The molecule has 1 saturated heterocycles. The lowest BCUT2D eigenvalue weighted by Crippen LogP contribution is -2.41. The van der Waals surface area contributed by atoms with Gasteiger partial charge in [0.1, 0.15) is 0 Å². The van der Waals surface area contributed by atoms with E-state index in [-0.39, 0.29) is 17.1 Å². The summed E-state index contributed by atoms with van der Waals surface area (Å²) in [4.78, 5) is 28.5. The van der Waals surface area contributed by atoms with Crippen LogP contribution in [-0.2, 0) is 4.79 Å². The van der Waals surface area contributed by atoms with Gasteiger partial charge in [0.25, 0.3) is 5.91 Å². The maximum Gasteiger partial charge on any atom is 0.260 e. The van der Waals surface area contributed by atoms with E-state index in [0.717, 1.165) is 29.5 Å². The Bertz CT molecular complexity index is 1020. The lowest BCUT2D eigenvalue weighted by atomic mass is 10.1. The summed E-state index contributed by atoms with van der Waals surface area (Å²) in [7, 11) is 0. The molecule has 28 heavy (non-hydrogen) atoms. The predicted octanol–water partition coefficient (Wildman–Crippen LogP) is 5.81. The average Bonchev–Trinajstić information content (AvgIpc) is 2.90. The van der Waals surface area contributed by atoms with Gasteiger partial charge in [-0.1, -0.05) is 48.4 Å². The molecular formula is C23H20ClNO2S. The fourth-order valence-corrected chi connectivity index (χ4v) is 4.78. The number of imide groups is 1. The summed E-state index contributed by atoms with van der Waals surface area (Å²) in [5.74, 6) is -0.344. The molecule has 1 fully saturated rings. The summed E-state index contributed by atoms with van der Waals surface area (Å²) in [5, 5.41) is 2.66. The molecule has 0 radical (unpaired) electrons. The van der Waals surface area contributed by atoms with E-state index in [1.807, 2.05) is 12.1 Å². The van der Waals surface area contributed by atoms with E-state index in [0.29, 0.717) is 17.1 Å². The number of likely N-dealkylation sites (tertiary alicyclic amines) is 1. The Morgan fingerprint density at radius 2 is 1.71 bits per heavy atom. The van der Waals surface area contributed by atoms with Gasteiger partial charge in [-0.2, -0.15) is 0 Å². The SMILES string of the molecule is O=C(c1ccc(Cl)cc1)N1CCCCC(Sc2ccc3ccccc3c2)C1=O. The van der Waals surface area contributed by atoms with Gasteiger partial charge in [-0.25, -0.2) is 0 Å². The summed E-state index contributed by atoms with van der Waals surface area (Å²) in [6, 6.07) is 21.1. The molecule has 3 aromatic rings. The predicted molar refractivity (Wildman–Crippen MR) is 115 cm³/mol. The van der Waals surface area contributed by atoms with Gasteiger partial charge in [0.05, 0.1) is 5.25 Å². The number of hydrogen-bond donors (Lipinski definition) is 0. The summed E-state index contributed by atoms with van der Waals surface area (Å²) in [6.45, 7) is 0.467. The highest BCUT2D eigenvalue weighted by atomic mass is 35.5. The highest BCUT2D eigenvalue weighted by molar-refractivity contribution is 8.00. The molecule has 3 nitrogen and oxygen atoms in total. The smallest absolute Gasteiger partial charge is 0.260 e. The van der Waals surface area contributed by atoms with Crippen molar-refractivity contribution in [1.82, 2.24) is 4.90 Å². The second-order valence-electron chi connectivity index (χ2n) is 6.91. The Labute approximate surface area is 173 Å². The first-order valence-electron chi connectivity index (χ1n) is 9.38. The molecule has 3 aromatic carbocycles. The van der Waals surface area contributed by atoms with Gasteiger partial charge in [0.2, 0.25) is 5.91 Å². The third-order valence-electron chi connectivity index (χ3n) is 4.98. The van der Waals surface area contributed by atoms with Gasteiger partial charge in [-0.15, -0.1) is 11.8 Å². The van der Waals surface area contributed by atoms with Crippen LogP contribution >= 0.6 is 23.4 Å². The van der Waals surface area contributed by atoms with E-state index < -0.39 is 0 Å². The first-order valence-corrected chi connectivity index (χ1v) is 10.6.